The summed E-state index contributed by atoms with van der Waals surface area (Å²) in [5.74, 6) is 1.11. The molecule has 2 aliphatic rings. The third-order valence-corrected chi connectivity index (χ3v) is 5.58. The Morgan fingerprint density at radius 3 is 2.52 bits per heavy atom. The number of carbonyl (C=O) groups excluding carboxylic acids is 1. The molecular formula is C20H26N4O. The number of hydrogen-bond acceptors (Lipinski definition) is 3. The molecule has 25 heavy (non-hydrogen) atoms. The Hall–Kier alpha value is -2.30. The fourth-order valence-electron chi connectivity index (χ4n) is 4.14. The molecule has 5 heteroatoms. The maximum Gasteiger partial charge on any atom is 0.226 e. The Bertz CT molecular complexity index is 757. The van der Waals surface area contributed by atoms with Crippen LogP contribution in [0.25, 0.3) is 0 Å². The van der Waals surface area contributed by atoms with E-state index in [1.54, 1.807) is 0 Å². The van der Waals surface area contributed by atoms with Crippen molar-refractivity contribution in [3.8, 4) is 0 Å². The number of benzene rings is 1. The van der Waals surface area contributed by atoms with E-state index in [9.17, 15) is 4.79 Å². The molecule has 1 fully saturated rings. The normalized spacial score (nSPS) is 20.9. The van der Waals surface area contributed by atoms with Gasteiger partial charge in [-0.15, -0.1) is 0 Å². The van der Waals surface area contributed by atoms with Gasteiger partial charge < -0.3 is 10.2 Å². The molecule has 1 aromatic heterocycles. The maximum absolute atomic E-state index is 12.4. The minimum Gasteiger partial charge on any atom is -0.378 e. The second kappa shape index (κ2) is 6.54. The highest BCUT2D eigenvalue weighted by atomic mass is 16.1. The lowest BCUT2D eigenvalue weighted by Gasteiger charge is -2.28. The lowest BCUT2D eigenvalue weighted by atomic mass is 9.87. The standard InChI is InChI=1S/C20H26N4O/c1-23(2)15-10-8-14(9-11-15)17-12-19(25)22-20-18(17)13-21-24(20)16-6-4-3-5-7-16/h8-11,13,16-17H,3-7,12H2,1-2H3,(H,22,25)/t17-/m1/s1. The summed E-state index contributed by atoms with van der Waals surface area (Å²) in [6.07, 6.45) is 8.59. The molecule has 1 aliphatic carbocycles. The van der Waals surface area contributed by atoms with Gasteiger partial charge >= 0.3 is 0 Å². The number of carbonyl (C=O) groups is 1. The number of aromatic nitrogens is 2. The van der Waals surface area contributed by atoms with Gasteiger partial charge in [0.05, 0.1) is 12.2 Å². The minimum atomic E-state index is 0.0896. The van der Waals surface area contributed by atoms with Gasteiger partial charge in [0.2, 0.25) is 5.91 Å². The monoisotopic (exact) mass is 338 g/mol. The van der Waals surface area contributed by atoms with E-state index in [1.165, 1.54) is 30.5 Å². The zero-order valence-electron chi connectivity index (χ0n) is 15.0. The van der Waals surface area contributed by atoms with E-state index >= 15 is 0 Å². The molecule has 1 N–H and O–H groups in total. The lowest BCUT2D eigenvalue weighted by Crippen LogP contribution is -2.26. The van der Waals surface area contributed by atoms with E-state index in [0.29, 0.717) is 12.5 Å². The fourth-order valence-corrected chi connectivity index (χ4v) is 4.14. The summed E-state index contributed by atoms with van der Waals surface area (Å²) in [4.78, 5) is 14.4. The van der Waals surface area contributed by atoms with Crippen LogP contribution in [0.2, 0.25) is 0 Å². The third-order valence-electron chi connectivity index (χ3n) is 5.58. The molecule has 0 unspecified atom stereocenters. The Morgan fingerprint density at radius 2 is 1.84 bits per heavy atom. The van der Waals surface area contributed by atoms with E-state index in [-0.39, 0.29) is 11.8 Å². The van der Waals surface area contributed by atoms with E-state index in [4.69, 9.17) is 0 Å². The van der Waals surface area contributed by atoms with Gasteiger partial charge in [-0.2, -0.15) is 5.10 Å². The van der Waals surface area contributed by atoms with Crippen LogP contribution in [0.15, 0.2) is 30.5 Å². The summed E-state index contributed by atoms with van der Waals surface area (Å²) in [7, 11) is 4.07. The van der Waals surface area contributed by atoms with E-state index in [1.807, 2.05) is 20.3 Å². The van der Waals surface area contributed by atoms with Gasteiger partial charge in [-0.05, 0) is 30.5 Å². The largest absolute Gasteiger partial charge is 0.378 e. The number of nitrogens with one attached hydrogen (secondary N) is 1. The van der Waals surface area contributed by atoms with Crippen LogP contribution in [-0.2, 0) is 4.79 Å². The summed E-state index contributed by atoms with van der Waals surface area (Å²) < 4.78 is 2.08. The quantitative estimate of drug-likeness (QED) is 0.922. The molecule has 132 valence electrons. The molecule has 1 aliphatic heterocycles. The second-order valence-corrected chi connectivity index (χ2v) is 7.48. The number of anilines is 2. The zero-order chi connectivity index (χ0) is 17.4. The van der Waals surface area contributed by atoms with Crippen molar-refractivity contribution in [1.82, 2.24) is 9.78 Å². The van der Waals surface area contributed by atoms with Gasteiger partial charge in [-0.3, -0.25) is 4.79 Å². The highest BCUT2D eigenvalue weighted by molar-refractivity contribution is 5.94. The molecule has 1 amide bonds. The molecule has 0 bridgehead atoms. The van der Waals surface area contributed by atoms with Gasteiger partial charge in [0.1, 0.15) is 5.82 Å². The van der Waals surface area contributed by atoms with Crippen molar-refractivity contribution in [2.75, 3.05) is 24.3 Å². The summed E-state index contributed by atoms with van der Waals surface area (Å²) in [5, 5.41) is 7.76. The minimum absolute atomic E-state index is 0.0896. The molecule has 1 saturated carbocycles. The zero-order valence-corrected chi connectivity index (χ0v) is 15.0. The number of amides is 1. The first-order valence-corrected chi connectivity index (χ1v) is 9.28. The van der Waals surface area contributed by atoms with Crippen LogP contribution in [0.5, 0.6) is 0 Å². The lowest BCUT2D eigenvalue weighted by molar-refractivity contribution is -0.116. The maximum atomic E-state index is 12.4. The Kier molecular flexibility index (Phi) is 4.24. The van der Waals surface area contributed by atoms with Crippen LogP contribution in [-0.4, -0.2) is 29.8 Å². The fraction of sp³-hybridized carbons (Fsp3) is 0.500. The van der Waals surface area contributed by atoms with Crippen molar-refractivity contribution in [3.05, 3.63) is 41.6 Å². The van der Waals surface area contributed by atoms with Crippen LogP contribution in [0.4, 0.5) is 11.5 Å². The molecule has 1 aromatic carbocycles. The van der Waals surface area contributed by atoms with Crippen LogP contribution in [0.3, 0.4) is 0 Å². The highest BCUT2D eigenvalue weighted by Crippen LogP contribution is 2.40. The topological polar surface area (TPSA) is 50.2 Å². The first-order chi connectivity index (χ1) is 12.1. The molecular weight excluding hydrogens is 312 g/mol. The first-order valence-electron chi connectivity index (χ1n) is 9.28. The van der Waals surface area contributed by atoms with Gasteiger partial charge in [-0.25, -0.2) is 4.68 Å². The number of rotatable bonds is 3. The highest BCUT2D eigenvalue weighted by Gasteiger charge is 2.32. The van der Waals surface area contributed by atoms with Crippen LogP contribution >= 0.6 is 0 Å². The van der Waals surface area contributed by atoms with Crippen molar-refractivity contribution in [2.24, 2.45) is 0 Å². The molecule has 0 spiro atoms. The molecule has 4 rings (SSSR count). The molecule has 5 nitrogen and oxygen atoms in total. The van der Waals surface area contributed by atoms with Crippen molar-refractivity contribution in [2.45, 2.75) is 50.5 Å². The van der Waals surface area contributed by atoms with Crippen LogP contribution in [0.1, 0.15) is 61.6 Å². The molecule has 1 atom stereocenters. The van der Waals surface area contributed by atoms with E-state index in [2.05, 4.69) is 44.3 Å². The third kappa shape index (κ3) is 3.03. The van der Waals surface area contributed by atoms with Crippen LogP contribution in [0, 0.1) is 0 Å². The van der Waals surface area contributed by atoms with Crippen molar-refractivity contribution in [1.29, 1.82) is 0 Å². The molecule has 2 heterocycles. The first kappa shape index (κ1) is 16.2. The Morgan fingerprint density at radius 1 is 1.12 bits per heavy atom. The van der Waals surface area contributed by atoms with Crippen LogP contribution < -0.4 is 10.2 Å². The van der Waals surface area contributed by atoms with Crippen molar-refractivity contribution < 1.29 is 4.79 Å². The number of hydrogen-bond donors (Lipinski definition) is 1. The summed E-state index contributed by atoms with van der Waals surface area (Å²) in [6, 6.07) is 8.94. The summed E-state index contributed by atoms with van der Waals surface area (Å²) in [6.45, 7) is 0. The van der Waals surface area contributed by atoms with Gasteiger partial charge in [-0.1, -0.05) is 31.4 Å². The van der Waals surface area contributed by atoms with Gasteiger partial charge in [0.25, 0.3) is 0 Å². The number of nitrogens with zero attached hydrogens (tertiary/aromatic N) is 3. The number of fused-ring (bicyclic) bond motifs is 1. The van der Waals surface area contributed by atoms with E-state index < -0.39 is 0 Å². The summed E-state index contributed by atoms with van der Waals surface area (Å²) in [5.41, 5.74) is 3.51. The van der Waals surface area contributed by atoms with Gasteiger partial charge in [0, 0.05) is 37.7 Å². The van der Waals surface area contributed by atoms with Crippen molar-refractivity contribution in [3.63, 3.8) is 0 Å². The smallest absolute Gasteiger partial charge is 0.226 e. The Balaban J connectivity index is 1.67. The Labute approximate surface area is 149 Å². The molecule has 0 saturated heterocycles. The average molecular weight is 338 g/mol. The predicted molar refractivity (Wildman–Crippen MR) is 100 cm³/mol. The molecule has 0 radical (unpaired) electrons. The summed E-state index contributed by atoms with van der Waals surface area (Å²) >= 11 is 0. The van der Waals surface area contributed by atoms with Crippen molar-refractivity contribution >= 4 is 17.4 Å². The SMILES string of the molecule is CN(C)c1ccc([C@H]2CC(=O)Nc3c2cnn3C2CCCCC2)cc1. The molecule has 2 aromatic rings. The second-order valence-electron chi connectivity index (χ2n) is 7.48. The van der Waals surface area contributed by atoms with Gasteiger partial charge in [0.15, 0.2) is 0 Å². The average Bonchev–Trinajstić information content (AvgIpc) is 3.05. The van der Waals surface area contributed by atoms with E-state index in [0.717, 1.165) is 24.2 Å². The predicted octanol–water partition coefficient (Wildman–Crippen LogP) is 3.93.